The van der Waals surface area contributed by atoms with Gasteiger partial charge in [-0.1, -0.05) is 32.6 Å². The zero-order valence-corrected chi connectivity index (χ0v) is 11.8. The molecule has 1 aromatic rings. The van der Waals surface area contributed by atoms with Crippen molar-refractivity contribution in [2.24, 2.45) is 5.92 Å². The Kier molecular flexibility index (Phi) is 3.67. The normalized spacial score (nSPS) is 28.7. The molecule has 19 heavy (non-hydrogen) atoms. The molecule has 104 valence electrons. The van der Waals surface area contributed by atoms with Gasteiger partial charge in [0.15, 0.2) is 0 Å². The van der Waals surface area contributed by atoms with E-state index in [0.717, 1.165) is 17.6 Å². The molecule has 2 saturated carbocycles. The molecule has 1 heterocycles. The average Bonchev–Trinajstić information content (AvgIpc) is 2.92. The number of nitrogen functional groups attached to an aromatic ring is 1. The molecule has 2 fully saturated rings. The van der Waals surface area contributed by atoms with Gasteiger partial charge in [0, 0.05) is 11.8 Å². The molecule has 0 radical (unpaired) electrons. The predicted octanol–water partition coefficient (Wildman–Crippen LogP) is 3.41. The summed E-state index contributed by atoms with van der Waals surface area (Å²) in [7, 11) is 0. The first-order chi connectivity index (χ1) is 9.22. The second kappa shape index (κ2) is 5.43. The predicted molar refractivity (Wildman–Crippen MR) is 75.8 cm³/mol. The lowest BCUT2D eigenvalue weighted by atomic mass is 9.82. The lowest BCUT2D eigenvalue weighted by molar-refractivity contribution is 0.334. The first-order valence-electron chi connectivity index (χ1n) is 7.73. The summed E-state index contributed by atoms with van der Waals surface area (Å²) in [4.78, 5) is 13.6. The van der Waals surface area contributed by atoms with E-state index >= 15 is 0 Å². The van der Waals surface area contributed by atoms with E-state index in [0.29, 0.717) is 17.8 Å². The van der Waals surface area contributed by atoms with E-state index in [-0.39, 0.29) is 0 Å². The Morgan fingerprint density at radius 3 is 2.16 bits per heavy atom. The van der Waals surface area contributed by atoms with Crippen LogP contribution >= 0.6 is 0 Å². The lowest BCUT2D eigenvalue weighted by Gasteiger charge is -2.26. The fourth-order valence-electron chi connectivity index (χ4n) is 3.64. The molecule has 4 nitrogen and oxygen atoms in total. The Labute approximate surface area is 115 Å². The number of anilines is 1. The summed E-state index contributed by atoms with van der Waals surface area (Å²) in [5.74, 6) is 4.13. The monoisotopic (exact) mass is 260 g/mol. The molecule has 0 spiro atoms. The van der Waals surface area contributed by atoms with Crippen molar-refractivity contribution < 1.29 is 0 Å². The molecular weight excluding hydrogens is 236 g/mol. The second-order valence-electron chi connectivity index (χ2n) is 6.36. The van der Waals surface area contributed by atoms with Crippen molar-refractivity contribution in [2.45, 2.75) is 70.1 Å². The van der Waals surface area contributed by atoms with Gasteiger partial charge in [-0.05, 0) is 31.6 Å². The highest BCUT2D eigenvalue weighted by atomic mass is 15.1. The van der Waals surface area contributed by atoms with Crippen LogP contribution in [-0.2, 0) is 0 Å². The Morgan fingerprint density at radius 2 is 1.47 bits per heavy atom. The van der Waals surface area contributed by atoms with E-state index < -0.39 is 0 Å². The summed E-state index contributed by atoms with van der Waals surface area (Å²) in [5.41, 5.74) is 5.91. The van der Waals surface area contributed by atoms with E-state index in [1.807, 2.05) is 0 Å². The highest BCUT2D eigenvalue weighted by Crippen LogP contribution is 2.36. The Hall–Kier alpha value is -1.19. The van der Waals surface area contributed by atoms with Gasteiger partial charge in [0.1, 0.15) is 11.6 Å². The smallest absolute Gasteiger partial charge is 0.223 e. The molecule has 3 rings (SSSR count). The quantitative estimate of drug-likeness (QED) is 0.885. The van der Waals surface area contributed by atoms with Crippen molar-refractivity contribution >= 4 is 5.95 Å². The average molecular weight is 260 g/mol. The summed E-state index contributed by atoms with van der Waals surface area (Å²) in [6.45, 7) is 2.33. The van der Waals surface area contributed by atoms with Crippen LogP contribution in [0.5, 0.6) is 0 Å². The minimum absolute atomic E-state index is 0.421. The zero-order valence-electron chi connectivity index (χ0n) is 11.8. The topological polar surface area (TPSA) is 64.7 Å². The molecular formula is C15H24N4. The Bertz CT molecular complexity index is 440. The number of hydrogen-bond donors (Lipinski definition) is 1. The molecule has 0 amide bonds. The fourth-order valence-corrected chi connectivity index (χ4v) is 3.64. The summed E-state index contributed by atoms with van der Waals surface area (Å²) in [5, 5.41) is 0. The molecule has 4 heteroatoms. The molecule has 0 saturated heterocycles. The molecule has 0 bridgehead atoms. The van der Waals surface area contributed by atoms with Crippen LogP contribution in [0, 0.1) is 5.92 Å². The standard InChI is InChI=1S/C15H24N4/c1-10-5-4-8-12(9-10)14-17-13(18-15(16)19-14)11-6-2-3-7-11/h10-12H,2-9H2,1H3,(H2,16,17,18,19). The minimum atomic E-state index is 0.421. The molecule has 0 aliphatic heterocycles. The molecule has 2 atom stereocenters. The van der Waals surface area contributed by atoms with Gasteiger partial charge < -0.3 is 5.73 Å². The lowest BCUT2D eigenvalue weighted by Crippen LogP contribution is -2.17. The first-order valence-corrected chi connectivity index (χ1v) is 7.73. The number of rotatable bonds is 2. The van der Waals surface area contributed by atoms with Gasteiger partial charge in [-0.3, -0.25) is 0 Å². The van der Waals surface area contributed by atoms with Gasteiger partial charge in [-0.25, -0.2) is 4.98 Å². The third kappa shape index (κ3) is 2.88. The van der Waals surface area contributed by atoms with Gasteiger partial charge >= 0.3 is 0 Å². The maximum atomic E-state index is 5.91. The van der Waals surface area contributed by atoms with Gasteiger partial charge in [0.2, 0.25) is 5.95 Å². The Balaban J connectivity index is 1.84. The fraction of sp³-hybridized carbons (Fsp3) is 0.800. The number of hydrogen-bond acceptors (Lipinski definition) is 4. The van der Waals surface area contributed by atoms with Crippen LogP contribution in [0.15, 0.2) is 0 Å². The van der Waals surface area contributed by atoms with Crippen LogP contribution in [0.3, 0.4) is 0 Å². The molecule has 2 aliphatic rings. The van der Waals surface area contributed by atoms with Gasteiger partial charge in [0.25, 0.3) is 0 Å². The number of nitrogens with two attached hydrogens (primary N) is 1. The van der Waals surface area contributed by atoms with Crippen molar-refractivity contribution in [3.8, 4) is 0 Å². The SMILES string of the molecule is CC1CCCC(c2nc(N)nc(C3CCCC3)n2)C1. The first kappa shape index (κ1) is 12.8. The third-order valence-electron chi connectivity index (χ3n) is 4.71. The van der Waals surface area contributed by atoms with Gasteiger partial charge in [-0.15, -0.1) is 0 Å². The van der Waals surface area contributed by atoms with Crippen LogP contribution in [-0.4, -0.2) is 15.0 Å². The van der Waals surface area contributed by atoms with Crippen molar-refractivity contribution in [3.05, 3.63) is 11.6 Å². The maximum absolute atomic E-state index is 5.91. The van der Waals surface area contributed by atoms with Gasteiger partial charge in [-0.2, -0.15) is 9.97 Å². The van der Waals surface area contributed by atoms with Crippen LogP contribution in [0.25, 0.3) is 0 Å². The summed E-state index contributed by atoms with van der Waals surface area (Å²) in [6.07, 6.45) is 10.1. The van der Waals surface area contributed by atoms with Crippen LogP contribution < -0.4 is 5.73 Å². The summed E-state index contributed by atoms with van der Waals surface area (Å²) < 4.78 is 0. The van der Waals surface area contributed by atoms with E-state index in [1.165, 1.54) is 51.4 Å². The van der Waals surface area contributed by atoms with Crippen LogP contribution in [0.2, 0.25) is 0 Å². The van der Waals surface area contributed by atoms with Crippen molar-refractivity contribution in [3.63, 3.8) is 0 Å². The van der Waals surface area contributed by atoms with Gasteiger partial charge in [0.05, 0.1) is 0 Å². The minimum Gasteiger partial charge on any atom is -0.368 e. The third-order valence-corrected chi connectivity index (χ3v) is 4.71. The van der Waals surface area contributed by atoms with Crippen molar-refractivity contribution in [1.82, 2.24) is 15.0 Å². The maximum Gasteiger partial charge on any atom is 0.223 e. The molecule has 2 aliphatic carbocycles. The van der Waals surface area contributed by atoms with Crippen molar-refractivity contribution in [2.75, 3.05) is 5.73 Å². The van der Waals surface area contributed by atoms with Crippen LogP contribution in [0.1, 0.15) is 81.8 Å². The van der Waals surface area contributed by atoms with Crippen molar-refractivity contribution in [1.29, 1.82) is 0 Å². The molecule has 0 aromatic carbocycles. The largest absolute Gasteiger partial charge is 0.368 e. The Morgan fingerprint density at radius 1 is 0.842 bits per heavy atom. The highest BCUT2D eigenvalue weighted by molar-refractivity contribution is 5.19. The second-order valence-corrected chi connectivity index (χ2v) is 6.36. The van der Waals surface area contributed by atoms with E-state index in [2.05, 4.69) is 16.9 Å². The van der Waals surface area contributed by atoms with E-state index in [1.54, 1.807) is 0 Å². The number of aromatic nitrogens is 3. The number of nitrogens with zero attached hydrogens (tertiary/aromatic N) is 3. The van der Waals surface area contributed by atoms with E-state index in [4.69, 9.17) is 10.7 Å². The highest BCUT2D eigenvalue weighted by Gasteiger charge is 2.26. The summed E-state index contributed by atoms with van der Waals surface area (Å²) in [6, 6.07) is 0. The van der Waals surface area contributed by atoms with E-state index in [9.17, 15) is 0 Å². The summed E-state index contributed by atoms with van der Waals surface area (Å²) >= 11 is 0. The molecule has 1 aromatic heterocycles. The van der Waals surface area contributed by atoms with Crippen LogP contribution in [0.4, 0.5) is 5.95 Å². The molecule has 2 N–H and O–H groups in total. The molecule has 2 unspecified atom stereocenters. The zero-order chi connectivity index (χ0) is 13.2.